The van der Waals surface area contributed by atoms with Gasteiger partial charge in [0.25, 0.3) is 5.91 Å². The lowest BCUT2D eigenvalue weighted by molar-refractivity contribution is -0.885. The van der Waals surface area contributed by atoms with Crippen LogP contribution in [0.3, 0.4) is 0 Å². The molecular formula is C19H22ClN2O3+. The largest absolute Gasteiger partial charge is 0.465 e. The van der Waals surface area contributed by atoms with Gasteiger partial charge in [0.05, 0.1) is 19.7 Å². The molecule has 0 saturated heterocycles. The summed E-state index contributed by atoms with van der Waals surface area (Å²) < 4.78 is 4.65. The molecule has 6 heteroatoms. The number of nitrogens with one attached hydrogen (secondary N) is 2. The van der Waals surface area contributed by atoms with Crippen molar-refractivity contribution in [2.45, 2.75) is 13.1 Å². The fourth-order valence-corrected chi connectivity index (χ4v) is 2.55. The molecule has 0 heterocycles. The highest BCUT2D eigenvalue weighted by Gasteiger charge is 2.11. The molecule has 0 radical (unpaired) electrons. The predicted octanol–water partition coefficient (Wildman–Crippen LogP) is 1.46. The van der Waals surface area contributed by atoms with Crippen molar-refractivity contribution in [2.75, 3.05) is 20.7 Å². The van der Waals surface area contributed by atoms with E-state index < -0.39 is 0 Å². The van der Waals surface area contributed by atoms with E-state index in [9.17, 15) is 9.59 Å². The summed E-state index contributed by atoms with van der Waals surface area (Å²) in [5.74, 6) is -0.397. The van der Waals surface area contributed by atoms with E-state index in [-0.39, 0.29) is 11.9 Å². The molecule has 0 aliphatic rings. The number of benzene rings is 2. The average molecular weight is 362 g/mol. The van der Waals surface area contributed by atoms with E-state index in [1.807, 2.05) is 31.3 Å². The zero-order chi connectivity index (χ0) is 18.2. The van der Waals surface area contributed by atoms with E-state index in [1.54, 1.807) is 24.3 Å². The van der Waals surface area contributed by atoms with Crippen LogP contribution in [0, 0.1) is 0 Å². The van der Waals surface area contributed by atoms with E-state index >= 15 is 0 Å². The summed E-state index contributed by atoms with van der Waals surface area (Å²) in [7, 11) is 3.32. The first-order chi connectivity index (χ1) is 12.0. The Balaban J connectivity index is 1.77. The van der Waals surface area contributed by atoms with Crippen molar-refractivity contribution in [3.63, 3.8) is 0 Å². The molecule has 2 aromatic rings. The van der Waals surface area contributed by atoms with Gasteiger partial charge in [-0.3, -0.25) is 4.79 Å². The summed E-state index contributed by atoms with van der Waals surface area (Å²) in [5.41, 5.74) is 2.55. The van der Waals surface area contributed by atoms with Crippen molar-refractivity contribution in [1.29, 1.82) is 0 Å². The quantitative estimate of drug-likeness (QED) is 0.734. The normalized spacial score (nSPS) is 11.6. The Morgan fingerprint density at radius 2 is 1.64 bits per heavy atom. The van der Waals surface area contributed by atoms with E-state index in [0.29, 0.717) is 23.7 Å². The number of hydrogen-bond acceptors (Lipinski definition) is 3. The summed E-state index contributed by atoms with van der Waals surface area (Å²) >= 11 is 5.87. The standard InChI is InChI=1S/C19H21ClN2O3/c1-22(12-15-5-9-17(20)10-6-15)13-18(23)21-11-14-3-7-16(8-4-14)19(24)25-2/h3-10H,11-13H2,1-2H3,(H,21,23)/p+1. The molecule has 2 aromatic carbocycles. The third kappa shape index (κ3) is 6.21. The number of likely N-dealkylation sites (N-methyl/N-ethyl adjacent to an activating group) is 1. The van der Waals surface area contributed by atoms with Crippen molar-refractivity contribution < 1.29 is 19.2 Å². The average Bonchev–Trinajstić information content (AvgIpc) is 2.61. The minimum absolute atomic E-state index is 0.0245. The molecule has 132 valence electrons. The number of amides is 1. The van der Waals surface area contributed by atoms with Crippen LogP contribution in [0.25, 0.3) is 0 Å². The van der Waals surface area contributed by atoms with Gasteiger partial charge in [-0.15, -0.1) is 0 Å². The van der Waals surface area contributed by atoms with Crippen molar-refractivity contribution in [3.05, 3.63) is 70.2 Å². The Morgan fingerprint density at radius 3 is 2.24 bits per heavy atom. The van der Waals surface area contributed by atoms with Crippen molar-refractivity contribution in [2.24, 2.45) is 0 Å². The van der Waals surface area contributed by atoms with Gasteiger partial charge < -0.3 is 15.0 Å². The number of halogens is 1. The summed E-state index contributed by atoms with van der Waals surface area (Å²) in [6.45, 7) is 1.55. The van der Waals surface area contributed by atoms with Crippen LogP contribution in [-0.4, -0.2) is 32.6 Å². The molecule has 0 saturated carbocycles. The third-order valence-electron chi connectivity index (χ3n) is 3.75. The van der Waals surface area contributed by atoms with Gasteiger partial charge in [0.1, 0.15) is 6.54 Å². The van der Waals surface area contributed by atoms with Gasteiger partial charge in [-0.2, -0.15) is 0 Å². The number of hydrogen-bond donors (Lipinski definition) is 2. The van der Waals surface area contributed by atoms with Gasteiger partial charge in [-0.1, -0.05) is 35.9 Å². The number of carbonyl (C=O) groups excluding carboxylic acids is 2. The molecule has 1 amide bonds. The van der Waals surface area contributed by atoms with Crippen LogP contribution in [0.2, 0.25) is 5.02 Å². The molecule has 2 N–H and O–H groups in total. The molecule has 0 bridgehead atoms. The monoisotopic (exact) mass is 361 g/mol. The van der Waals surface area contributed by atoms with Gasteiger partial charge in [0.15, 0.2) is 6.54 Å². The summed E-state index contributed by atoms with van der Waals surface area (Å²) in [4.78, 5) is 24.5. The summed E-state index contributed by atoms with van der Waals surface area (Å²) in [6.07, 6.45) is 0. The van der Waals surface area contributed by atoms with Gasteiger partial charge >= 0.3 is 5.97 Å². The third-order valence-corrected chi connectivity index (χ3v) is 4.00. The minimum atomic E-state index is -0.372. The highest BCUT2D eigenvalue weighted by Crippen LogP contribution is 2.08. The predicted molar refractivity (Wildman–Crippen MR) is 96.5 cm³/mol. The fraction of sp³-hybridized carbons (Fsp3) is 0.263. The van der Waals surface area contributed by atoms with E-state index in [2.05, 4.69) is 10.1 Å². The Labute approximate surface area is 152 Å². The first-order valence-electron chi connectivity index (χ1n) is 7.97. The van der Waals surface area contributed by atoms with Crippen molar-refractivity contribution in [3.8, 4) is 0 Å². The number of quaternary nitrogens is 1. The number of ether oxygens (including phenoxy) is 1. The summed E-state index contributed by atoms with van der Waals surface area (Å²) in [5, 5.41) is 3.60. The minimum Gasteiger partial charge on any atom is -0.465 e. The van der Waals surface area contributed by atoms with Crippen LogP contribution in [-0.2, 0) is 22.6 Å². The fourth-order valence-electron chi connectivity index (χ4n) is 2.43. The molecule has 0 fully saturated rings. The van der Waals surface area contributed by atoms with Crippen LogP contribution in [0.1, 0.15) is 21.5 Å². The molecule has 0 aromatic heterocycles. The molecule has 25 heavy (non-hydrogen) atoms. The van der Waals surface area contributed by atoms with Crippen LogP contribution in [0.5, 0.6) is 0 Å². The topological polar surface area (TPSA) is 59.8 Å². The Kier molecular flexibility index (Phi) is 6.98. The van der Waals surface area contributed by atoms with E-state index in [0.717, 1.165) is 22.6 Å². The second-order valence-corrected chi connectivity index (χ2v) is 6.34. The zero-order valence-electron chi connectivity index (χ0n) is 14.3. The number of esters is 1. The first-order valence-corrected chi connectivity index (χ1v) is 8.35. The highest BCUT2D eigenvalue weighted by atomic mass is 35.5. The molecule has 0 aliphatic heterocycles. The first kappa shape index (κ1) is 19.0. The van der Waals surface area contributed by atoms with Gasteiger partial charge in [0.2, 0.25) is 0 Å². The maximum Gasteiger partial charge on any atom is 0.337 e. The Bertz CT molecular complexity index is 714. The van der Waals surface area contributed by atoms with Crippen LogP contribution in [0.15, 0.2) is 48.5 Å². The molecule has 0 spiro atoms. The Morgan fingerprint density at radius 1 is 1.04 bits per heavy atom. The van der Waals surface area contributed by atoms with E-state index in [4.69, 9.17) is 11.6 Å². The molecule has 2 rings (SSSR count). The maximum atomic E-state index is 12.1. The lowest BCUT2D eigenvalue weighted by Gasteiger charge is -2.14. The van der Waals surface area contributed by atoms with E-state index in [1.165, 1.54) is 7.11 Å². The lowest BCUT2D eigenvalue weighted by Crippen LogP contribution is -3.08. The lowest BCUT2D eigenvalue weighted by atomic mass is 10.1. The van der Waals surface area contributed by atoms with Gasteiger partial charge in [-0.25, -0.2) is 4.79 Å². The van der Waals surface area contributed by atoms with Crippen molar-refractivity contribution >= 4 is 23.5 Å². The molecule has 5 nitrogen and oxygen atoms in total. The second kappa shape index (κ2) is 9.20. The van der Waals surface area contributed by atoms with Crippen LogP contribution < -0.4 is 10.2 Å². The molecular weight excluding hydrogens is 340 g/mol. The number of rotatable bonds is 7. The van der Waals surface area contributed by atoms with Gasteiger partial charge in [0, 0.05) is 17.1 Å². The number of carbonyl (C=O) groups is 2. The smallest absolute Gasteiger partial charge is 0.337 e. The van der Waals surface area contributed by atoms with Gasteiger partial charge in [-0.05, 0) is 29.8 Å². The maximum absolute atomic E-state index is 12.1. The zero-order valence-corrected chi connectivity index (χ0v) is 15.1. The van der Waals surface area contributed by atoms with Crippen molar-refractivity contribution in [1.82, 2.24) is 5.32 Å². The number of methoxy groups -OCH3 is 1. The Hall–Kier alpha value is -2.37. The molecule has 1 unspecified atom stereocenters. The SMILES string of the molecule is COC(=O)c1ccc(CNC(=O)C[NH+](C)Cc2ccc(Cl)cc2)cc1. The molecule has 0 aliphatic carbocycles. The molecule has 1 atom stereocenters. The van der Waals surface area contributed by atoms with Crippen LogP contribution >= 0.6 is 11.6 Å². The second-order valence-electron chi connectivity index (χ2n) is 5.90. The summed E-state index contributed by atoms with van der Waals surface area (Å²) in [6, 6.07) is 14.6. The highest BCUT2D eigenvalue weighted by molar-refractivity contribution is 6.30. The van der Waals surface area contributed by atoms with Crippen LogP contribution in [0.4, 0.5) is 0 Å².